The van der Waals surface area contributed by atoms with E-state index in [9.17, 15) is 9.90 Å². The molecule has 1 fully saturated rings. The van der Waals surface area contributed by atoms with Gasteiger partial charge in [0.25, 0.3) is 5.91 Å². The van der Waals surface area contributed by atoms with Gasteiger partial charge in [0, 0.05) is 25.2 Å². The van der Waals surface area contributed by atoms with E-state index < -0.39 is 5.60 Å². The van der Waals surface area contributed by atoms with Gasteiger partial charge in [-0.05, 0) is 69.9 Å². The molecule has 0 aliphatic carbocycles. The van der Waals surface area contributed by atoms with Crippen LogP contribution in [0.3, 0.4) is 0 Å². The first-order chi connectivity index (χ1) is 14.9. The van der Waals surface area contributed by atoms with Crippen molar-refractivity contribution >= 4 is 11.9 Å². The smallest absolute Gasteiger partial charge is 0.253 e. The number of aryl methyl sites for hydroxylation is 1. The first kappa shape index (κ1) is 22.9. The van der Waals surface area contributed by atoms with E-state index in [0.29, 0.717) is 30.4 Å². The van der Waals surface area contributed by atoms with Gasteiger partial charge in [-0.15, -0.1) is 0 Å². The second kappa shape index (κ2) is 10.5. The number of carbonyl (C=O) groups excluding carboxylic acids is 1. The SMILES string of the molecule is CCNC(=NCc1cccc(C(=O)N2CCCCC2)c1)NCC(C)(O)c1ccc(C)o1. The molecule has 1 atom stereocenters. The largest absolute Gasteiger partial charge is 0.463 e. The molecule has 168 valence electrons. The van der Waals surface area contributed by atoms with Gasteiger partial charge in [0.2, 0.25) is 0 Å². The van der Waals surface area contributed by atoms with Crippen molar-refractivity contribution in [3.05, 3.63) is 59.0 Å². The van der Waals surface area contributed by atoms with Gasteiger partial charge in [-0.2, -0.15) is 0 Å². The van der Waals surface area contributed by atoms with Crippen LogP contribution in [0, 0.1) is 6.92 Å². The topological polar surface area (TPSA) is 90.1 Å². The Morgan fingerprint density at radius 2 is 1.97 bits per heavy atom. The normalized spacial score (nSPS) is 16.6. The predicted molar refractivity (Wildman–Crippen MR) is 122 cm³/mol. The first-order valence-electron chi connectivity index (χ1n) is 11.1. The summed E-state index contributed by atoms with van der Waals surface area (Å²) in [6, 6.07) is 11.3. The van der Waals surface area contributed by atoms with E-state index in [1.54, 1.807) is 13.0 Å². The third-order valence-corrected chi connectivity index (χ3v) is 5.45. The van der Waals surface area contributed by atoms with Crippen molar-refractivity contribution in [2.75, 3.05) is 26.2 Å². The van der Waals surface area contributed by atoms with Gasteiger partial charge in [-0.1, -0.05) is 12.1 Å². The first-order valence-corrected chi connectivity index (χ1v) is 11.1. The van der Waals surface area contributed by atoms with Crippen LogP contribution < -0.4 is 10.6 Å². The second-order valence-electron chi connectivity index (χ2n) is 8.29. The lowest BCUT2D eigenvalue weighted by Gasteiger charge is -2.26. The Labute approximate surface area is 184 Å². The molecule has 1 aliphatic rings. The maximum absolute atomic E-state index is 12.8. The monoisotopic (exact) mass is 426 g/mol. The number of amides is 1. The molecule has 3 rings (SSSR count). The van der Waals surface area contributed by atoms with Crippen LogP contribution in [-0.2, 0) is 12.1 Å². The van der Waals surface area contributed by atoms with Crippen LogP contribution in [0.15, 0.2) is 45.8 Å². The molecule has 2 aromatic rings. The highest BCUT2D eigenvalue weighted by atomic mass is 16.4. The van der Waals surface area contributed by atoms with E-state index in [1.807, 2.05) is 49.1 Å². The average molecular weight is 427 g/mol. The molecule has 0 radical (unpaired) electrons. The number of piperidine rings is 1. The number of aliphatic imine (C=N–C) groups is 1. The van der Waals surface area contributed by atoms with Gasteiger partial charge in [0.05, 0.1) is 13.1 Å². The summed E-state index contributed by atoms with van der Waals surface area (Å²) in [6.45, 7) is 8.60. The molecular formula is C24H34N4O3. The van der Waals surface area contributed by atoms with E-state index in [4.69, 9.17) is 4.42 Å². The third kappa shape index (κ3) is 6.34. The fraction of sp³-hybridized carbons (Fsp3) is 0.500. The number of furan rings is 1. The molecule has 0 saturated carbocycles. The average Bonchev–Trinajstić information content (AvgIpc) is 3.23. The molecule has 7 nitrogen and oxygen atoms in total. The summed E-state index contributed by atoms with van der Waals surface area (Å²) >= 11 is 0. The number of hydrogen-bond acceptors (Lipinski definition) is 4. The summed E-state index contributed by atoms with van der Waals surface area (Å²) in [6.07, 6.45) is 3.36. The summed E-state index contributed by atoms with van der Waals surface area (Å²) in [5.74, 6) is 1.96. The number of nitrogens with zero attached hydrogens (tertiary/aromatic N) is 2. The Morgan fingerprint density at radius 3 is 2.65 bits per heavy atom. The zero-order valence-electron chi connectivity index (χ0n) is 18.8. The summed E-state index contributed by atoms with van der Waals surface area (Å²) in [5.41, 5.74) is 0.516. The zero-order chi connectivity index (χ0) is 22.3. The highest BCUT2D eigenvalue weighted by molar-refractivity contribution is 5.94. The molecule has 1 saturated heterocycles. The van der Waals surface area contributed by atoms with E-state index >= 15 is 0 Å². The Morgan fingerprint density at radius 1 is 1.19 bits per heavy atom. The number of guanidine groups is 1. The van der Waals surface area contributed by atoms with E-state index in [-0.39, 0.29) is 12.5 Å². The van der Waals surface area contributed by atoms with Crippen molar-refractivity contribution in [3.63, 3.8) is 0 Å². The Hall–Kier alpha value is -2.80. The van der Waals surface area contributed by atoms with Gasteiger partial charge in [0.1, 0.15) is 17.1 Å². The van der Waals surface area contributed by atoms with Crippen molar-refractivity contribution in [2.24, 2.45) is 4.99 Å². The lowest BCUT2D eigenvalue weighted by molar-refractivity contribution is 0.0378. The van der Waals surface area contributed by atoms with Crippen LogP contribution in [0.5, 0.6) is 0 Å². The maximum atomic E-state index is 12.8. The van der Waals surface area contributed by atoms with Crippen molar-refractivity contribution < 1.29 is 14.3 Å². The summed E-state index contributed by atoms with van der Waals surface area (Å²) < 4.78 is 5.57. The number of rotatable bonds is 7. The van der Waals surface area contributed by atoms with Crippen LogP contribution in [-0.4, -0.2) is 48.1 Å². The second-order valence-corrected chi connectivity index (χ2v) is 8.29. The van der Waals surface area contributed by atoms with Crippen LogP contribution in [0.4, 0.5) is 0 Å². The van der Waals surface area contributed by atoms with Gasteiger partial charge in [0.15, 0.2) is 5.96 Å². The predicted octanol–water partition coefficient (Wildman–Crippen LogP) is 3.18. The number of carbonyl (C=O) groups is 1. The molecule has 1 amide bonds. The van der Waals surface area contributed by atoms with E-state index in [2.05, 4.69) is 15.6 Å². The van der Waals surface area contributed by atoms with Gasteiger partial charge in [-0.3, -0.25) is 4.79 Å². The van der Waals surface area contributed by atoms with Crippen molar-refractivity contribution in [1.29, 1.82) is 0 Å². The molecule has 1 unspecified atom stereocenters. The minimum Gasteiger partial charge on any atom is -0.463 e. The lowest BCUT2D eigenvalue weighted by atomic mass is 10.0. The zero-order valence-corrected chi connectivity index (χ0v) is 18.8. The van der Waals surface area contributed by atoms with Crippen LogP contribution in [0.2, 0.25) is 0 Å². The van der Waals surface area contributed by atoms with Gasteiger partial charge >= 0.3 is 0 Å². The summed E-state index contributed by atoms with van der Waals surface area (Å²) in [7, 11) is 0. The molecule has 1 aromatic heterocycles. The lowest BCUT2D eigenvalue weighted by Crippen LogP contribution is -2.44. The minimum atomic E-state index is -1.16. The highest BCUT2D eigenvalue weighted by Crippen LogP contribution is 2.22. The van der Waals surface area contributed by atoms with Gasteiger partial charge in [-0.25, -0.2) is 4.99 Å². The molecule has 2 heterocycles. The van der Waals surface area contributed by atoms with Crippen LogP contribution in [0.25, 0.3) is 0 Å². The minimum absolute atomic E-state index is 0.0975. The highest BCUT2D eigenvalue weighted by Gasteiger charge is 2.27. The Balaban J connectivity index is 1.64. The van der Waals surface area contributed by atoms with Crippen molar-refractivity contribution in [2.45, 2.75) is 52.2 Å². The maximum Gasteiger partial charge on any atom is 0.253 e. The number of benzene rings is 1. The fourth-order valence-corrected chi connectivity index (χ4v) is 3.66. The standard InChI is InChI=1S/C24H34N4O3/c1-4-25-23(27-17-24(3,30)21-12-11-18(2)31-21)26-16-19-9-8-10-20(15-19)22(29)28-13-6-5-7-14-28/h8-12,15,30H,4-7,13-14,16-17H2,1-3H3,(H2,25,26,27). The molecule has 3 N–H and O–H groups in total. The molecule has 0 spiro atoms. The van der Waals surface area contributed by atoms with E-state index in [0.717, 1.165) is 37.3 Å². The molecule has 0 bridgehead atoms. The number of hydrogen-bond donors (Lipinski definition) is 3. The van der Waals surface area contributed by atoms with Crippen LogP contribution in [0.1, 0.15) is 60.6 Å². The number of aliphatic hydroxyl groups is 1. The molecular weight excluding hydrogens is 392 g/mol. The number of likely N-dealkylation sites (tertiary alicyclic amines) is 1. The quantitative estimate of drug-likeness (QED) is 0.467. The molecule has 1 aromatic carbocycles. The molecule has 7 heteroatoms. The summed E-state index contributed by atoms with van der Waals surface area (Å²) in [4.78, 5) is 19.3. The number of nitrogens with one attached hydrogen (secondary N) is 2. The van der Waals surface area contributed by atoms with Crippen molar-refractivity contribution in [3.8, 4) is 0 Å². The Kier molecular flexibility index (Phi) is 7.74. The molecule has 1 aliphatic heterocycles. The third-order valence-electron chi connectivity index (χ3n) is 5.45. The fourth-order valence-electron chi connectivity index (χ4n) is 3.66. The Bertz CT molecular complexity index is 898. The van der Waals surface area contributed by atoms with Gasteiger partial charge < -0.3 is 25.1 Å². The van der Waals surface area contributed by atoms with E-state index in [1.165, 1.54) is 6.42 Å². The molecule has 31 heavy (non-hydrogen) atoms. The van der Waals surface area contributed by atoms with Crippen molar-refractivity contribution in [1.82, 2.24) is 15.5 Å². The van der Waals surface area contributed by atoms with Crippen LogP contribution >= 0.6 is 0 Å². The summed E-state index contributed by atoms with van der Waals surface area (Å²) in [5, 5.41) is 17.1.